The molecule has 1 saturated carbocycles. The van der Waals surface area contributed by atoms with Crippen molar-refractivity contribution in [1.29, 1.82) is 0 Å². The highest BCUT2D eigenvalue weighted by Gasteiger charge is 2.52. The Morgan fingerprint density at radius 2 is 2.16 bits per heavy atom. The van der Waals surface area contributed by atoms with Gasteiger partial charge in [-0.1, -0.05) is 0 Å². The summed E-state index contributed by atoms with van der Waals surface area (Å²) in [5.74, 6) is 1.63. The molecule has 1 heterocycles. The van der Waals surface area contributed by atoms with Crippen LogP contribution in [0.15, 0.2) is 0 Å². The summed E-state index contributed by atoms with van der Waals surface area (Å²) in [5.41, 5.74) is 5.79. The van der Waals surface area contributed by atoms with Gasteiger partial charge in [-0.25, -0.2) is 8.42 Å². The monoisotopic (exact) mass is 308 g/mol. The Morgan fingerprint density at radius 3 is 2.68 bits per heavy atom. The van der Waals surface area contributed by atoms with E-state index in [1.54, 1.807) is 11.8 Å². The van der Waals surface area contributed by atoms with Crippen molar-refractivity contribution in [3.05, 3.63) is 0 Å². The van der Waals surface area contributed by atoms with Crippen LogP contribution in [0.5, 0.6) is 0 Å². The summed E-state index contributed by atoms with van der Waals surface area (Å²) in [7, 11) is -3.07. The Morgan fingerprint density at radius 1 is 1.47 bits per heavy atom. The minimum atomic E-state index is -3.07. The van der Waals surface area contributed by atoms with Gasteiger partial charge in [-0.2, -0.15) is 11.8 Å². The third kappa shape index (κ3) is 3.10. The summed E-state index contributed by atoms with van der Waals surface area (Å²) < 4.78 is 29.6. The van der Waals surface area contributed by atoms with Gasteiger partial charge in [0.2, 0.25) is 0 Å². The molecule has 1 unspecified atom stereocenters. The zero-order valence-corrected chi connectivity index (χ0v) is 13.3. The molecule has 112 valence electrons. The van der Waals surface area contributed by atoms with E-state index >= 15 is 0 Å². The lowest BCUT2D eigenvalue weighted by Crippen LogP contribution is -2.69. The fourth-order valence-corrected chi connectivity index (χ4v) is 6.08. The maximum absolute atomic E-state index is 12.0. The van der Waals surface area contributed by atoms with Gasteiger partial charge in [0.05, 0.1) is 6.10 Å². The molecule has 0 aromatic carbocycles. The summed E-state index contributed by atoms with van der Waals surface area (Å²) >= 11 is 1.71. The Labute approximate surface area is 120 Å². The molecule has 7 heteroatoms. The third-order valence-corrected chi connectivity index (χ3v) is 6.83. The van der Waals surface area contributed by atoms with E-state index in [9.17, 15) is 8.42 Å². The molecule has 19 heavy (non-hydrogen) atoms. The first-order valence-electron chi connectivity index (χ1n) is 6.78. The van der Waals surface area contributed by atoms with Gasteiger partial charge in [0.25, 0.3) is 0 Å². The van der Waals surface area contributed by atoms with E-state index in [0.29, 0.717) is 18.9 Å². The topological polar surface area (TPSA) is 72.6 Å². The number of ether oxygens (including phenoxy) is 1. The van der Waals surface area contributed by atoms with Crippen molar-refractivity contribution in [2.75, 3.05) is 37.5 Å². The van der Waals surface area contributed by atoms with E-state index in [1.807, 2.05) is 6.92 Å². The molecule has 5 nitrogen and oxygen atoms in total. The van der Waals surface area contributed by atoms with Crippen molar-refractivity contribution < 1.29 is 13.2 Å². The van der Waals surface area contributed by atoms with Crippen LogP contribution >= 0.6 is 11.8 Å². The van der Waals surface area contributed by atoms with Crippen molar-refractivity contribution >= 4 is 21.6 Å². The van der Waals surface area contributed by atoms with Crippen molar-refractivity contribution in [1.82, 2.24) is 4.90 Å². The van der Waals surface area contributed by atoms with E-state index in [-0.39, 0.29) is 11.6 Å². The number of hydrogen-bond donors (Lipinski definition) is 1. The lowest BCUT2D eigenvalue weighted by molar-refractivity contribution is -0.102. The molecule has 1 aliphatic carbocycles. The van der Waals surface area contributed by atoms with Gasteiger partial charge < -0.3 is 10.5 Å². The average Bonchev–Trinajstić information content (AvgIpc) is 2.32. The minimum Gasteiger partial charge on any atom is -0.378 e. The van der Waals surface area contributed by atoms with Crippen molar-refractivity contribution in [2.45, 2.75) is 36.8 Å². The average molecular weight is 308 g/mol. The molecule has 2 rings (SSSR count). The van der Waals surface area contributed by atoms with Gasteiger partial charge in [0, 0.05) is 43.0 Å². The van der Waals surface area contributed by atoms with Gasteiger partial charge in [-0.15, -0.1) is 0 Å². The second-order valence-corrected chi connectivity index (χ2v) is 8.82. The predicted octanol–water partition coefficient (Wildman–Crippen LogP) is 0.302. The number of nitrogens with zero attached hydrogens (tertiary/aromatic N) is 1. The third-order valence-electron chi connectivity index (χ3n) is 4.19. The van der Waals surface area contributed by atoms with E-state index < -0.39 is 15.2 Å². The highest BCUT2D eigenvalue weighted by molar-refractivity contribution is 8.00. The lowest BCUT2D eigenvalue weighted by atomic mass is 9.72. The molecule has 0 spiro atoms. The molecule has 1 aliphatic heterocycles. The molecule has 0 amide bonds. The summed E-state index contributed by atoms with van der Waals surface area (Å²) in [5, 5.41) is -0.391. The van der Waals surface area contributed by atoms with Gasteiger partial charge in [0.15, 0.2) is 9.84 Å². The molecule has 0 radical (unpaired) electrons. The summed E-state index contributed by atoms with van der Waals surface area (Å²) in [6.07, 6.45) is 3.28. The zero-order valence-electron chi connectivity index (χ0n) is 11.7. The second-order valence-electron chi connectivity index (χ2n) is 5.47. The fourth-order valence-electron chi connectivity index (χ4n) is 3.14. The maximum Gasteiger partial charge on any atom is 0.164 e. The van der Waals surface area contributed by atoms with E-state index in [1.165, 1.54) is 6.26 Å². The fraction of sp³-hybridized carbons (Fsp3) is 1.00. The molecule has 2 aliphatic rings. The number of sulfone groups is 1. The van der Waals surface area contributed by atoms with E-state index in [0.717, 1.165) is 25.1 Å². The minimum absolute atomic E-state index is 0.172. The normalized spacial score (nSPS) is 37.0. The van der Waals surface area contributed by atoms with Gasteiger partial charge in [-0.05, 0) is 19.8 Å². The lowest BCUT2D eigenvalue weighted by Gasteiger charge is -2.56. The smallest absolute Gasteiger partial charge is 0.164 e. The van der Waals surface area contributed by atoms with E-state index in [4.69, 9.17) is 10.5 Å². The molecule has 1 saturated heterocycles. The van der Waals surface area contributed by atoms with Crippen molar-refractivity contribution in [3.8, 4) is 0 Å². The van der Waals surface area contributed by atoms with Gasteiger partial charge >= 0.3 is 0 Å². The van der Waals surface area contributed by atoms with Crippen LogP contribution in [0.4, 0.5) is 0 Å². The highest BCUT2D eigenvalue weighted by atomic mass is 32.2. The largest absolute Gasteiger partial charge is 0.378 e. The van der Waals surface area contributed by atoms with E-state index in [2.05, 4.69) is 4.90 Å². The first kappa shape index (κ1) is 15.6. The molecule has 0 bridgehead atoms. The van der Waals surface area contributed by atoms with Crippen LogP contribution < -0.4 is 5.73 Å². The van der Waals surface area contributed by atoms with Crippen molar-refractivity contribution in [3.63, 3.8) is 0 Å². The first-order chi connectivity index (χ1) is 8.93. The van der Waals surface area contributed by atoms with Crippen LogP contribution in [0.3, 0.4) is 0 Å². The molecule has 2 fully saturated rings. The van der Waals surface area contributed by atoms with Crippen LogP contribution in [0, 0.1) is 0 Å². The SMILES string of the molecule is CCOC1CC(CN)(N2CCSCC2S(C)(=O)=O)C1. The Bertz CT molecular complexity index is 407. The zero-order chi connectivity index (χ0) is 14.1. The molecule has 2 N–H and O–H groups in total. The predicted molar refractivity (Wildman–Crippen MR) is 79.1 cm³/mol. The highest BCUT2D eigenvalue weighted by Crippen LogP contribution is 2.42. The Balaban J connectivity index is 2.13. The maximum atomic E-state index is 12.0. The second kappa shape index (κ2) is 5.89. The van der Waals surface area contributed by atoms with Gasteiger partial charge in [-0.3, -0.25) is 4.90 Å². The van der Waals surface area contributed by atoms with Crippen LogP contribution in [-0.4, -0.2) is 67.8 Å². The summed E-state index contributed by atoms with van der Waals surface area (Å²) in [6.45, 7) is 4.00. The summed E-state index contributed by atoms with van der Waals surface area (Å²) in [4.78, 5) is 2.13. The summed E-state index contributed by atoms with van der Waals surface area (Å²) in [6, 6.07) is 0. The standard InChI is InChI=1S/C12H24N2O3S2/c1-3-17-10-6-12(7-10,9-13)14-4-5-18-8-11(14)19(2,15)16/h10-11H,3-9,13H2,1-2H3. The Kier molecular flexibility index (Phi) is 4.83. The Hall–Kier alpha value is 0.180. The molecule has 0 aromatic rings. The molecular formula is C12H24N2O3S2. The number of thioether (sulfide) groups is 1. The van der Waals surface area contributed by atoms with Crippen LogP contribution in [-0.2, 0) is 14.6 Å². The van der Waals surface area contributed by atoms with Crippen molar-refractivity contribution in [2.24, 2.45) is 5.73 Å². The first-order valence-corrected chi connectivity index (χ1v) is 9.89. The van der Waals surface area contributed by atoms with Crippen LogP contribution in [0.25, 0.3) is 0 Å². The number of rotatable bonds is 5. The van der Waals surface area contributed by atoms with Crippen LogP contribution in [0.1, 0.15) is 19.8 Å². The number of hydrogen-bond acceptors (Lipinski definition) is 6. The number of nitrogens with two attached hydrogens (primary N) is 1. The quantitative estimate of drug-likeness (QED) is 0.788. The van der Waals surface area contributed by atoms with Crippen LogP contribution in [0.2, 0.25) is 0 Å². The molecule has 1 atom stereocenters. The van der Waals surface area contributed by atoms with Gasteiger partial charge in [0.1, 0.15) is 5.37 Å². The molecule has 0 aromatic heterocycles. The molecular weight excluding hydrogens is 284 g/mol.